The highest BCUT2D eigenvalue weighted by Crippen LogP contribution is 2.23. The van der Waals surface area contributed by atoms with Crippen LogP contribution >= 0.6 is 0 Å². The molecule has 0 aromatic carbocycles. The molecule has 0 unspecified atom stereocenters. The normalized spacial score (nSPS) is 14.7. The predicted octanol–water partition coefficient (Wildman–Crippen LogP) is 2.16. The van der Waals surface area contributed by atoms with Crippen LogP contribution in [0.15, 0.2) is 0 Å². The molecule has 0 fully saturated rings. The predicted molar refractivity (Wildman–Crippen MR) is 60.7 cm³/mol. The Bertz CT molecular complexity index is 358. The van der Waals surface area contributed by atoms with Crippen LogP contribution < -0.4 is 5.32 Å². The van der Waals surface area contributed by atoms with Crippen molar-refractivity contribution in [2.24, 2.45) is 0 Å². The van der Waals surface area contributed by atoms with Crippen LogP contribution in [-0.2, 0) is 19.5 Å². The summed E-state index contributed by atoms with van der Waals surface area (Å²) in [5.41, 5.74) is 3.80. The Kier molecular flexibility index (Phi) is 3.00. The molecule has 0 spiro atoms. The average Bonchev–Trinajstić information content (AvgIpc) is 2.64. The van der Waals surface area contributed by atoms with E-state index in [0.717, 1.165) is 31.8 Å². The first-order valence-electron chi connectivity index (χ1n) is 5.81. The van der Waals surface area contributed by atoms with Crippen LogP contribution in [0.4, 0.5) is 0 Å². The van der Waals surface area contributed by atoms with Gasteiger partial charge < -0.3 is 5.32 Å². The van der Waals surface area contributed by atoms with Gasteiger partial charge in [-0.3, -0.25) is 0 Å². The largest absolute Gasteiger partial charge is 0.307 e. The molecule has 1 aromatic rings. The van der Waals surface area contributed by atoms with E-state index in [2.05, 4.69) is 36.1 Å². The Labute approximate surface area is 91.3 Å². The van der Waals surface area contributed by atoms with E-state index in [9.17, 15) is 0 Å². The fourth-order valence-corrected chi connectivity index (χ4v) is 2.06. The second-order valence-electron chi connectivity index (χ2n) is 4.46. The van der Waals surface area contributed by atoms with E-state index in [1.54, 1.807) is 0 Å². The van der Waals surface area contributed by atoms with Gasteiger partial charge in [0.15, 0.2) is 0 Å². The van der Waals surface area contributed by atoms with Crippen molar-refractivity contribution < 1.29 is 0 Å². The van der Waals surface area contributed by atoms with Gasteiger partial charge in [0.1, 0.15) is 5.82 Å². The third-order valence-electron chi connectivity index (χ3n) is 2.79. The van der Waals surface area contributed by atoms with Gasteiger partial charge in [-0.2, -0.15) is 0 Å². The molecule has 82 valence electrons. The maximum Gasteiger partial charge on any atom is 0.128 e. The molecule has 1 aliphatic rings. The van der Waals surface area contributed by atoms with Crippen LogP contribution in [0, 0.1) is 0 Å². The summed E-state index contributed by atoms with van der Waals surface area (Å²) >= 11 is 0. The molecule has 0 radical (unpaired) electrons. The molecule has 1 aromatic heterocycles. The molecule has 2 rings (SSSR count). The van der Waals surface area contributed by atoms with Gasteiger partial charge in [0, 0.05) is 25.1 Å². The Morgan fingerprint density at radius 3 is 2.73 bits per heavy atom. The lowest BCUT2D eigenvalue weighted by Crippen LogP contribution is -2.07. The summed E-state index contributed by atoms with van der Waals surface area (Å²) < 4.78 is 0. The zero-order valence-electron chi connectivity index (χ0n) is 9.80. The Morgan fingerprint density at radius 2 is 2.07 bits per heavy atom. The minimum absolute atomic E-state index is 0.497. The van der Waals surface area contributed by atoms with Crippen molar-refractivity contribution in [1.29, 1.82) is 0 Å². The highest BCUT2D eigenvalue weighted by molar-refractivity contribution is 5.31. The molecular weight excluding hydrogens is 186 g/mol. The van der Waals surface area contributed by atoms with Gasteiger partial charge in [-0.05, 0) is 12.3 Å². The molecule has 0 saturated heterocycles. The number of aryl methyl sites for hydroxylation is 1. The number of hydrogen-bond donors (Lipinski definition) is 1. The van der Waals surface area contributed by atoms with Gasteiger partial charge >= 0.3 is 0 Å². The summed E-state index contributed by atoms with van der Waals surface area (Å²) in [4.78, 5) is 9.29. The second kappa shape index (κ2) is 4.27. The van der Waals surface area contributed by atoms with Crippen molar-refractivity contribution in [2.75, 3.05) is 0 Å². The fraction of sp³-hybridized carbons (Fsp3) is 0.667. The first-order chi connectivity index (χ1) is 7.22. The summed E-state index contributed by atoms with van der Waals surface area (Å²) in [5, 5.41) is 3.35. The number of nitrogens with zero attached hydrogens (tertiary/aromatic N) is 2. The number of aromatic nitrogens is 2. The third-order valence-corrected chi connectivity index (χ3v) is 2.79. The van der Waals surface area contributed by atoms with Gasteiger partial charge in [0.2, 0.25) is 0 Å². The van der Waals surface area contributed by atoms with Crippen LogP contribution in [0.2, 0.25) is 0 Å². The van der Waals surface area contributed by atoms with Crippen LogP contribution in [0.3, 0.4) is 0 Å². The van der Waals surface area contributed by atoms with Crippen molar-refractivity contribution in [3.8, 4) is 0 Å². The van der Waals surface area contributed by atoms with Gasteiger partial charge in [-0.15, -0.1) is 0 Å². The molecule has 0 aliphatic carbocycles. The Hall–Kier alpha value is -0.960. The molecule has 0 atom stereocenters. The highest BCUT2D eigenvalue weighted by atomic mass is 15.0. The minimum Gasteiger partial charge on any atom is -0.307 e. The van der Waals surface area contributed by atoms with Gasteiger partial charge in [-0.25, -0.2) is 9.97 Å². The Balaban J connectivity index is 2.43. The van der Waals surface area contributed by atoms with Gasteiger partial charge in [0.05, 0.1) is 11.4 Å². The first kappa shape index (κ1) is 10.6. The van der Waals surface area contributed by atoms with Crippen molar-refractivity contribution in [3.05, 3.63) is 22.8 Å². The molecule has 3 heteroatoms. The standard InChI is InChI=1S/C12H19N3/c1-4-5-11-14-10-7-13-6-9(10)12(15-11)8(2)3/h8,13H,4-7H2,1-3H3. The topological polar surface area (TPSA) is 37.8 Å². The number of fused-ring (bicyclic) bond motifs is 1. The van der Waals surface area contributed by atoms with E-state index < -0.39 is 0 Å². The SMILES string of the molecule is CCCc1nc2c(c(C(C)C)n1)CNC2. The van der Waals surface area contributed by atoms with Crippen molar-refractivity contribution in [1.82, 2.24) is 15.3 Å². The van der Waals surface area contributed by atoms with Crippen molar-refractivity contribution in [2.45, 2.75) is 52.6 Å². The fourth-order valence-electron chi connectivity index (χ4n) is 2.06. The average molecular weight is 205 g/mol. The molecule has 0 bridgehead atoms. The van der Waals surface area contributed by atoms with Crippen molar-refractivity contribution >= 4 is 0 Å². The lowest BCUT2D eigenvalue weighted by atomic mass is 10.0. The molecule has 1 aliphatic heterocycles. The van der Waals surface area contributed by atoms with Gasteiger partial charge in [0.25, 0.3) is 0 Å². The van der Waals surface area contributed by atoms with E-state index >= 15 is 0 Å². The quantitative estimate of drug-likeness (QED) is 0.821. The number of rotatable bonds is 3. The lowest BCUT2D eigenvalue weighted by molar-refractivity contribution is 0.741. The zero-order chi connectivity index (χ0) is 10.8. The molecule has 2 heterocycles. The number of nitrogens with one attached hydrogen (secondary N) is 1. The summed E-state index contributed by atoms with van der Waals surface area (Å²) in [6, 6.07) is 0. The van der Waals surface area contributed by atoms with Crippen LogP contribution in [-0.4, -0.2) is 9.97 Å². The monoisotopic (exact) mass is 205 g/mol. The Morgan fingerprint density at radius 1 is 1.27 bits per heavy atom. The molecule has 3 nitrogen and oxygen atoms in total. The molecule has 15 heavy (non-hydrogen) atoms. The van der Waals surface area contributed by atoms with Crippen LogP contribution in [0.5, 0.6) is 0 Å². The molecule has 1 N–H and O–H groups in total. The van der Waals surface area contributed by atoms with E-state index in [0.29, 0.717) is 5.92 Å². The van der Waals surface area contributed by atoms with Gasteiger partial charge in [-0.1, -0.05) is 20.8 Å². The van der Waals surface area contributed by atoms with E-state index in [4.69, 9.17) is 0 Å². The van der Waals surface area contributed by atoms with E-state index in [1.807, 2.05) is 0 Å². The maximum atomic E-state index is 4.68. The smallest absolute Gasteiger partial charge is 0.128 e. The lowest BCUT2D eigenvalue weighted by Gasteiger charge is -2.11. The minimum atomic E-state index is 0.497. The third kappa shape index (κ3) is 2.02. The molecular formula is C12H19N3. The summed E-state index contributed by atoms with van der Waals surface area (Å²) in [5.74, 6) is 1.51. The summed E-state index contributed by atoms with van der Waals surface area (Å²) in [6.45, 7) is 8.43. The molecule has 0 amide bonds. The van der Waals surface area contributed by atoms with E-state index in [-0.39, 0.29) is 0 Å². The second-order valence-corrected chi connectivity index (χ2v) is 4.46. The van der Waals surface area contributed by atoms with Crippen molar-refractivity contribution in [3.63, 3.8) is 0 Å². The van der Waals surface area contributed by atoms with Crippen LogP contribution in [0.1, 0.15) is 55.9 Å². The summed E-state index contributed by atoms with van der Waals surface area (Å²) in [6.07, 6.45) is 2.11. The van der Waals surface area contributed by atoms with Crippen LogP contribution in [0.25, 0.3) is 0 Å². The maximum absolute atomic E-state index is 4.68. The zero-order valence-corrected chi connectivity index (χ0v) is 9.80. The molecule has 0 saturated carbocycles. The number of hydrogen-bond acceptors (Lipinski definition) is 3. The van der Waals surface area contributed by atoms with E-state index in [1.165, 1.54) is 17.0 Å². The highest BCUT2D eigenvalue weighted by Gasteiger charge is 2.19. The first-order valence-corrected chi connectivity index (χ1v) is 5.81. The summed E-state index contributed by atoms with van der Waals surface area (Å²) in [7, 11) is 0.